The maximum absolute atomic E-state index is 11.0. The number of carbonyl (C=O) groups is 1. The summed E-state index contributed by atoms with van der Waals surface area (Å²) in [5.41, 5.74) is 9.03. The second-order valence-corrected chi connectivity index (χ2v) is 6.35. The van der Waals surface area contributed by atoms with Gasteiger partial charge in [0.1, 0.15) is 5.60 Å². The first kappa shape index (κ1) is 20.4. The summed E-state index contributed by atoms with van der Waals surface area (Å²) in [5, 5.41) is 0. The molecule has 0 bridgehead atoms. The van der Waals surface area contributed by atoms with Gasteiger partial charge in [-0.15, -0.1) is 0 Å². The average Bonchev–Trinajstić information content (AvgIpc) is 2.15. The summed E-state index contributed by atoms with van der Waals surface area (Å²) >= 11 is 0. The third-order valence-corrected chi connectivity index (χ3v) is 3.52. The van der Waals surface area contributed by atoms with Crippen molar-refractivity contribution in [1.82, 2.24) is 0 Å². The van der Waals surface area contributed by atoms with E-state index in [1.807, 2.05) is 0 Å². The normalized spacial score (nSPS) is 12.4. The molecule has 0 unspecified atom stereocenters. The number of carbonyl (C=O) groups excluding carboxylic acids is 1. The lowest BCUT2D eigenvalue weighted by atomic mass is 9.87. The summed E-state index contributed by atoms with van der Waals surface area (Å²) in [5.74, 6) is -0.435. The topological polar surface area (TPSA) is 122 Å². The van der Waals surface area contributed by atoms with Crippen LogP contribution in [0.15, 0.2) is 12.2 Å². The Hall–Kier alpha value is -0.960. The number of rotatable bonds is 5. The predicted octanol–water partition coefficient (Wildman–Crippen LogP) is 0.458. The second kappa shape index (κ2) is 6.99. The number of hydrogen-bond donors (Lipinski definition) is 2. The van der Waals surface area contributed by atoms with Crippen LogP contribution < -0.4 is 11.5 Å². The van der Waals surface area contributed by atoms with Crippen molar-refractivity contribution in [3.63, 3.8) is 0 Å². The van der Waals surface area contributed by atoms with E-state index in [9.17, 15) is 13.2 Å². The molecule has 0 aliphatic heterocycles. The molecule has 0 spiro atoms. The van der Waals surface area contributed by atoms with E-state index in [2.05, 4.69) is 10.8 Å². The fourth-order valence-electron chi connectivity index (χ4n) is 0.397. The molecule has 114 valence electrons. The summed E-state index contributed by atoms with van der Waals surface area (Å²) in [6, 6.07) is 0. The molecule has 8 heteroatoms. The van der Waals surface area contributed by atoms with Crippen molar-refractivity contribution in [3.8, 4) is 0 Å². The zero-order chi connectivity index (χ0) is 16.1. The molecule has 0 rings (SSSR count). The molecule has 0 saturated heterocycles. The lowest BCUT2D eigenvalue weighted by Gasteiger charge is -2.36. The minimum atomic E-state index is -3.94. The van der Waals surface area contributed by atoms with Crippen LogP contribution in [-0.4, -0.2) is 32.6 Å². The highest BCUT2D eigenvalue weighted by atomic mass is 32.3. The first-order valence-electron chi connectivity index (χ1n) is 5.41. The van der Waals surface area contributed by atoms with Crippen LogP contribution in [0.3, 0.4) is 0 Å². The molecule has 0 aromatic rings. The van der Waals surface area contributed by atoms with E-state index in [-0.39, 0.29) is 0 Å². The van der Waals surface area contributed by atoms with Crippen molar-refractivity contribution in [2.24, 2.45) is 11.5 Å². The molecule has 0 radical (unpaired) electrons. The molecular formula is C11H24N2O5S. The van der Waals surface area contributed by atoms with Crippen LogP contribution in [0.2, 0.25) is 0 Å². The Kier molecular flexibility index (Phi) is 7.49. The smallest absolute Gasteiger partial charge is 0.366 e. The van der Waals surface area contributed by atoms with E-state index in [1.54, 1.807) is 34.6 Å². The summed E-state index contributed by atoms with van der Waals surface area (Å²) in [4.78, 5) is 9.82. The summed E-state index contributed by atoms with van der Waals surface area (Å²) in [7, 11) is -2.90. The second-order valence-electron chi connectivity index (χ2n) is 5.03. The average molecular weight is 296 g/mol. The molecule has 0 aliphatic rings. The maximum Gasteiger partial charge on any atom is 0.400 e. The molecule has 19 heavy (non-hydrogen) atoms. The van der Waals surface area contributed by atoms with E-state index < -0.39 is 27.4 Å². The molecule has 0 heterocycles. The highest BCUT2D eigenvalue weighted by Crippen LogP contribution is 2.25. The molecule has 0 saturated carbocycles. The van der Waals surface area contributed by atoms with E-state index in [0.717, 1.165) is 7.11 Å². The maximum atomic E-state index is 11.0. The van der Waals surface area contributed by atoms with Crippen LogP contribution in [0, 0.1) is 0 Å². The van der Waals surface area contributed by atoms with Gasteiger partial charge in [0, 0.05) is 11.1 Å². The van der Waals surface area contributed by atoms with Gasteiger partial charge in [0.05, 0.1) is 7.11 Å². The molecule has 0 aliphatic carbocycles. The Labute approximate surface area is 115 Å². The van der Waals surface area contributed by atoms with Crippen molar-refractivity contribution in [2.45, 2.75) is 45.8 Å². The van der Waals surface area contributed by atoms with Gasteiger partial charge in [0.25, 0.3) is 0 Å². The summed E-state index contributed by atoms with van der Waals surface area (Å²) in [6.45, 7) is 11.4. The number of amides is 1. The molecule has 0 fully saturated rings. The molecule has 0 aromatic heterocycles. The van der Waals surface area contributed by atoms with Crippen LogP contribution in [0.5, 0.6) is 0 Å². The zero-order valence-corrected chi connectivity index (χ0v) is 13.1. The van der Waals surface area contributed by atoms with Crippen molar-refractivity contribution < 1.29 is 21.6 Å². The molecule has 0 aromatic carbocycles. The van der Waals surface area contributed by atoms with Crippen LogP contribution in [0.25, 0.3) is 0 Å². The molecule has 0 atom stereocenters. The van der Waals surface area contributed by atoms with Crippen LogP contribution in [0.4, 0.5) is 0 Å². The fourth-order valence-corrected chi connectivity index (χ4v) is 1.19. The van der Waals surface area contributed by atoms with Gasteiger partial charge in [-0.25, -0.2) is 4.18 Å². The lowest BCUT2D eigenvalue weighted by Crippen LogP contribution is -2.55. The molecule has 4 N–H and O–H groups in total. The Morgan fingerprint density at radius 1 is 1.21 bits per heavy atom. The Balaban J connectivity index is 0. The number of primary amides is 1. The van der Waals surface area contributed by atoms with Crippen molar-refractivity contribution in [2.75, 3.05) is 7.11 Å². The summed E-state index contributed by atoms with van der Waals surface area (Å²) in [6.07, 6.45) is 0. The van der Waals surface area contributed by atoms with Gasteiger partial charge in [0.15, 0.2) is 0 Å². The van der Waals surface area contributed by atoms with Gasteiger partial charge in [0.2, 0.25) is 5.91 Å². The predicted molar refractivity (Wildman–Crippen MR) is 73.4 cm³/mol. The van der Waals surface area contributed by atoms with Crippen LogP contribution in [-0.2, 0) is 23.6 Å². The molecule has 7 nitrogen and oxygen atoms in total. The van der Waals surface area contributed by atoms with E-state index in [4.69, 9.17) is 15.7 Å². The molecule has 1 amide bonds. The molecular weight excluding hydrogens is 272 g/mol. The number of nitrogens with two attached hydrogens (primary N) is 2. The largest absolute Gasteiger partial charge is 0.400 e. The Morgan fingerprint density at radius 2 is 1.53 bits per heavy atom. The van der Waals surface area contributed by atoms with E-state index >= 15 is 0 Å². The van der Waals surface area contributed by atoms with Crippen LogP contribution in [0.1, 0.15) is 34.6 Å². The van der Waals surface area contributed by atoms with Gasteiger partial charge in [-0.05, 0) is 34.6 Å². The van der Waals surface area contributed by atoms with Gasteiger partial charge < -0.3 is 11.5 Å². The van der Waals surface area contributed by atoms with E-state index in [1.165, 1.54) is 0 Å². The Morgan fingerprint density at radius 3 is 1.68 bits per heavy atom. The SMILES string of the molecule is C=C(C)C(N)=O.COS(=O)(=O)OC(C)(C)C(C)(C)N. The van der Waals surface area contributed by atoms with Gasteiger partial charge >= 0.3 is 10.4 Å². The van der Waals surface area contributed by atoms with Crippen LogP contribution >= 0.6 is 0 Å². The van der Waals surface area contributed by atoms with Crippen molar-refractivity contribution >= 4 is 16.3 Å². The highest BCUT2D eigenvalue weighted by molar-refractivity contribution is 7.81. The monoisotopic (exact) mass is 296 g/mol. The minimum absolute atomic E-state index is 0.398. The fraction of sp³-hybridized carbons (Fsp3) is 0.727. The van der Waals surface area contributed by atoms with Crippen molar-refractivity contribution in [1.29, 1.82) is 0 Å². The van der Waals surface area contributed by atoms with Gasteiger partial charge in [-0.3, -0.25) is 8.98 Å². The quantitative estimate of drug-likeness (QED) is 0.711. The van der Waals surface area contributed by atoms with Gasteiger partial charge in [-0.2, -0.15) is 8.42 Å². The zero-order valence-electron chi connectivity index (χ0n) is 12.3. The first-order chi connectivity index (χ1) is 8.16. The Bertz CT molecular complexity index is 409. The number of hydrogen-bond acceptors (Lipinski definition) is 6. The van der Waals surface area contributed by atoms with Crippen molar-refractivity contribution in [3.05, 3.63) is 12.2 Å². The standard InChI is InChI=1S/C7H17NO4S.C4H7NO/c1-6(2,8)7(3,4)12-13(9,10)11-5;1-3(2)4(5)6/h8H2,1-5H3;1H2,2H3,(H2,5,6). The minimum Gasteiger partial charge on any atom is -0.366 e. The summed E-state index contributed by atoms with van der Waals surface area (Å²) < 4.78 is 30.9. The van der Waals surface area contributed by atoms with E-state index in [0.29, 0.717) is 5.57 Å². The third-order valence-electron chi connectivity index (χ3n) is 2.49. The first-order valence-corrected chi connectivity index (χ1v) is 6.75. The van der Waals surface area contributed by atoms with Gasteiger partial charge in [-0.1, -0.05) is 6.58 Å². The highest BCUT2D eigenvalue weighted by Gasteiger charge is 2.39. The lowest BCUT2D eigenvalue weighted by molar-refractivity contribution is -0.114. The third kappa shape index (κ3) is 8.71.